The van der Waals surface area contributed by atoms with Crippen LogP contribution in [0.3, 0.4) is 0 Å². The zero-order valence-electron chi connectivity index (χ0n) is 11.2. The summed E-state index contributed by atoms with van der Waals surface area (Å²) in [4.78, 5) is 9.00. The van der Waals surface area contributed by atoms with E-state index < -0.39 is 0 Å². The van der Waals surface area contributed by atoms with E-state index in [0.717, 1.165) is 22.5 Å². The molecule has 3 nitrogen and oxygen atoms in total. The first kappa shape index (κ1) is 13.8. The summed E-state index contributed by atoms with van der Waals surface area (Å²) in [5, 5.41) is 1.76. The lowest BCUT2D eigenvalue weighted by atomic mass is 10.3. The van der Waals surface area contributed by atoms with E-state index in [1.807, 2.05) is 24.4 Å². The molecular weight excluding hydrogens is 310 g/mol. The average molecular weight is 324 g/mol. The fourth-order valence-corrected chi connectivity index (χ4v) is 3.76. The van der Waals surface area contributed by atoms with Crippen molar-refractivity contribution in [1.29, 1.82) is 0 Å². The molecule has 3 aromatic rings. The van der Waals surface area contributed by atoms with Crippen molar-refractivity contribution in [3.05, 3.63) is 44.1 Å². The van der Waals surface area contributed by atoms with Crippen LogP contribution in [0.1, 0.15) is 29.8 Å². The average Bonchev–Trinajstić information content (AvgIpc) is 3.03. The highest BCUT2D eigenvalue weighted by molar-refractivity contribution is 7.71. The summed E-state index contributed by atoms with van der Waals surface area (Å²) in [5.41, 5.74) is 1.90. The number of hydrogen-bond donors (Lipinski definition) is 1. The number of rotatable bonds is 3. The van der Waals surface area contributed by atoms with Crippen molar-refractivity contribution in [1.82, 2.24) is 14.5 Å². The number of imidazole rings is 1. The van der Waals surface area contributed by atoms with Crippen LogP contribution < -0.4 is 0 Å². The van der Waals surface area contributed by atoms with Crippen molar-refractivity contribution >= 4 is 46.2 Å². The molecule has 20 heavy (non-hydrogen) atoms. The number of benzene rings is 1. The van der Waals surface area contributed by atoms with Gasteiger partial charge in [-0.25, -0.2) is 4.98 Å². The summed E-state index contributed by atoms with van der Waals surface area (Å²) in [5.74, 6) is 0. The molecule has 6 heteroatoms. The topological polar surface area (TPSA) is 33.6 Å². The van der Waals surface area contributed by atoms with E-state index in [2.05, 4.69) is 28.4 Å². The molecule has 0 aliphatic carbocycles. The van der Waals surface area contributed by atoms with Gasteiger partial charge in [0.25, 0.3) is 0 Å². The molecule has 1 N–H and O–H groups in total. The largest absolute Gasteiger partial charge is 0.329 e. The van der Waals surface area contributed by atoms with Gasteiger partial charge in [0.15, 0.2) is 4.77 Å². The summed E-state index contributed by atoms with van der Waals surface area (Å²) in [6.45, 7) is 4.25. The number of fused-ring (bicyclic) bond motifs is 1. The van der Waals surface area contributed by atoms with Gasteiger partial charge in [0, 0.05) is 11.1 Å². The van der Waals surface area contributed by atoms with E-state index in [1.165, 1.54) is 4.88 Å². The summed E-state index contributed by atoms with van der Waals surface area (Å²) in [6, 6.07) is 5.93. The lowest BCUT2D eigenvalue weighted by molar-refractivity contribution is 0.644. The van der Waals surface area contributed by atoms with Crippen LogP contribution in [-0.4, -0.2) is 14.5 Å². The van der Waals surface area contributed by atoms with Gasteiger partial charge >= 0.3 is 0 Å². The molecule has 0 bridgehead atoms. The molecule has 2 aromatic heterocycles. The number of aryl methyl sites for hydroxylation is 1. The second-order valence-corrected chi connectivity index (χ2v) is 6.57. The first-order valence-electron chi connectivity index (χ1n) is 6.45. The van der Waals surface area contributed by atoms with Crippen molar-refractivity contribution in [2.24, 2.45) is 0 Å². The van der Waals surface area contributed by atoms with Gasteiger partial charge in [0.1, 0.15) is 5.01 Å². The molecule has 1 aromatic carbocycles. The Hall–Kier alpha value is -1.17. The Morgan fingerprint density at radius 1 is 1.50 bits per heavy atom. The van der Waals surface area contributed by atoms with Crippen LogP contribution in [0.4, 0.5) is 0 Å². The normalized spacial score (nSPS) is 12.9. The van der Waals surface area contributed by atoms with Crippen LogP contribution in [0.2, 0.25) is 5.02 Å². The van der Waals surface area contributed by atoms with Crippen molar-refractivity contribution in [3.8, 4) is 0 Å². The molecule has 1 unspecified atom stereocenters. The first-order valence-corrected chi connectivity index (χ1v) is 8.05. The van der Waals surface area contributed by atoms with Gasteiger partial charge in [0.2, 0.25) is 0 Å². The molecule has 0 radical (unpaired) electrons. The van der Waals surface area contributed by atoms with Crippen LogP contribution in [-0.2, 0) is 6.42 Å². The van der Waals surface area contributed by atoms with E-state index in [-0.39, 0.29) is 6.04 Å². The molecule has 0 spiro atoms. The summed E-state index contributed by atoms with van der Waals surface area (Å²) < 4.78 is 2.75. The zero-order valence-corrected chi connectivity index (χ0v) is 13.6. The number of halogens is 1. The Labute approximate surface area is 131 Å². The van der Waals surface area contributed by atoms with Crippen LogP contribution in [0.15, 0.2) is 24.4 Å². The molecule has 0 amide bonds. The number of H-pyrrole nitrogens is 1. The number of nitrogens with one attached hydrogen (secondary N) is 1. The van der Waals surface area contributed by atoms with E-state index in [4.69, 9.17) is 23.8 Å². The van der Waals surface area contributed by atoms with Gasteiger partial charge in [-0.05, 0) is 37.7 Å². The molecule has 0 aliphatic rings. The Morgan fingerprint density at radius 2 is 2.30 bits per heavy atom. The van der Waals surface area contributed by atoms with E-state index in [9.17, 15) is 0 Å². The molecule has 1 atom stereocenters. The fraction of sp³-hybridized carbons (Fsp3) is 0.286. The van der Waals surface area contributed by atoms with Crippen molar-refractivity contribution < 1.29 is 0 Å². The maximum absolute atomic E-state index is 6.22. The predicted octanol–water partition coefficient (Wildman–Crippen LogP) is 4.98. The molecule has 0 saturated carbocycles. The second kappa shape index (κ2) is 5.31. The number of hydrogen-bond acceptors (Lipinski definition) is 3. The van der Waals surface area contributed by atoms with Gasteiger partial charge < -0.3 is 9.55 Å². The lowest BCUT2D eigenvalue weighted by Crippen LogP contribution is -2.06. The molecule has 2 heterocycles. The fourth-order valence-electron chi connectivity index (χ4n) is 2.29. The lowest BCUT2D eigenvalue weighted by Gasteiger charge is -2.11. The van der Waals surface area contributed by atoms with E-state index in [0.29, 0.717) is 9.79 Å². The maximum Gasteiger partial charge on any atom is 0.178 e. The van der Waals surface area contributed by atoms with Gasteiger partial charge in [0.05, 0.1) is 22.1 Å². The zero-order chi connectivity index (χ0) is 14.3. The van der Waals surface area contributed by atoms with Crippen molar-refractivity contribution in [3.63, 3.8) is 0 Å². The van der Waals surface area contributed by atoms with Gasteiger partial charge in [-0.15, -0.1) is 11.3 Å². The highest BCUT2D eigenvalue weighted by atomic mass is 35.5. The molecule has 0 saturated heterocycles. The summed E-state index contributed by atoms with van der Waals surface area (Å²) in [7, 11) is 0. The van der Waals surface area contributed by atoms with Crippen LogP contribution in [0.25, 0.3) is 11.0 Å². The second-order valence-electron chi connectivity index (χ2n) is 4.63. The maximum atomic E-state index is 6.22. The molecular formula is C14H14ClN3S2. The minimum atomic E-state index is 0.0972. The number of aromatic amines is 1. The third-order valence-corrected chi connectivity index (χ3v) is 5.29. The Morgan fingerprint density at radius 3 is 3.00 bits per heavy atom. The highest BCUT2D eigenvalue weighted by Gasteiger charge is 2.17. The van der Waals surface area contributed by atoms with Crippen molar-refractivity contribution in [2.45, 2.75) is 26.3 Å². The van der Waals surface area contributed by atoms with Gasteiger partial charge in [-0.2, -0.15) is 0 Å². The number of thiazole rings is 1. The molecule has 0 aliphatic heterocycles. The monoisotopic (exact) mass is 323 g/mol. The number of para-hydroxylation sites is 1. The Bertz CT molecular complexity index is 815. The Kier molecular flexibility index (Phi) is 3.67. The smallest absolute Gasteiger partial charge is 0.178 e. The van der Waals surface area contributed by atoms with E-state index >= 15 is 0 Å². The van der Waals surface area contributed by atoms with Crippen molar-refractivity contribution in [2.75, 3.05) is 0 Å². The third-order valence-electron chi connectivity index (χ3n) is 3.37. The van der Waals surface area contributed by atoms with Crippen LogP contribution in [0.5, 0.6) is 0 Å². The minimum Gasteiger partial charge on any atom is -0.329 e. The van der Waals surface area contributed by atoms with Gasteiger partial charge in [-0.1, -0.05) is 24.6 Å². The summed E-state index contributed by atoms with van der Waals surface area (Å²) >= 11 is 13.4. The standard InChI is InChI=1S/C14H14ClN3S2/c1-3-9-7-16-13(20-9)8(2)18-11-6-4-5-10(15)12(11)17-14(18)19/h4-8H,3H2,1-2H3,(H,17,19). The highest BCUT2D eigenvalue weighted by Crippen LogP contribution is 2.30. The van der Waals surface area contributed by atoms with Crippen LogP contribution >= 0.6 is 35.2 Å². The quantitative estimate of drug-likeness (QED) is 0.690. The summed E-state index contributed by atoms with van der Waals surface area (Å²) in [6.07, 6.45) is 2.96. The minimum absolute atomic E-state index is 0.0972. The van der Waals surface area contributed by atoms with Gasteiger partial charge in [-0.3, -0.25) is 0 Å². The van der Waals surface area contributed by atoms with Crippen LogP contribution in [0, 0.1) is 4.77 Å². The third kappa shape index (κ3) is 2.20. The molecule has 104 valence electrons. The number of aromatic nitrogens is 3. The Balaban J connectivity index is 2.16. The van der Waals surface area contributed by atoms with E-state index in [1.54, 1.807) is 11.3 Å². The first-order chi connectivity index (χ1) is 9.61. The number of nitrogens with zero attached hydrogens (tertiary/aromatic N) is 2. The molecule has 0 fully saturated rings. The SMILES string of the molecule is CCc1cnc(C(C)n2c(=S)[nH]c3c(Cl)cccc32)s1. The molecule has 3 rings (SSSR count). The predicted molar refractivity (Wildman–Crippen MR) is 87.4 cm³/mol.